The first-order chi connectivity index (χ1) is 6.13. The fraction of sp³-hybridized carbons (Fsp3) is 0.333. The van der Waals surface area contributed by atoms with Crippen molar-refractivity contribution in [1.82, 2.24) is 0 Å². The summed E-state index contributed by atoms with van der Waals surface area (Å²) in [5.74, 6) is -1.69. The molecule has 0 amide bonds. The lowest BCUT2D eigenvalue weighted by Gasteiger charge is -2.12. The van der Waals surface area contributed by atoms with E-state index < -0.39 is 11.6 Å². The molecule has 0 saturated carbocycles. The van der Waals surface area contributed by atoms with Crippen LogP contribution in [0.2, 0.25) is 0 Å². The first kappa shape index (κ1) is 9.92. The van der Waals surface area contributed by atoms with Crippen molar-refractivity contribution in [3.05, 3.63) is 29.8 Å². The van der Waals surface area contributed by atoms with Crippen LogP contribution < -0.4 is 11.1 Å². The summed E-state index contributed by atoms with van der Waals surface area (Å²) in [5.41, 5.74) is 5.90. The van der Waals surface area contributed by atoms with Crippen LogP contribution in [0.15, 0.2) is 18.2 Å². The summed E-state index contributed by atoms with van der Waals surface area (Å²) in [6.07, 6.45) is 0. The summed E-state index contributed by atoms with van der Waals surface area (Å²) >= 11 is 0. The van der Waals surface area contributed by atoms with Crippen molar-refractivity contribution < 1.29 is 8.78 Å². The molecule has 72 valence electrons. The minimum atomic E-state index is -0.853. The summed E-state index contributed by atoms with van der Waals surface area (Å²) in [6, 6.07) is 3.72. The van der Waals surface area contributed by atoms with Gasteiger partial charge in [0.2, 0.25) is 0 Å². The van der Waals surface area contributed by atoms with Gasteiger partial charge in [-0.1, -0.05) is 0 Å². The Bertz CT molecular complexity index is 289. The average molecular weight is 186 g/mol. The number of nitrogens with two attached hydrogens (primary N) is 1. The Labute approximate surface area is 75.7 Å². The summed E-state index contributed by atoms with van der Waals surface area (Å²) in [4.78, 5) is 0. The Morgan fingerprint density at radius 3 is 2.62 bits per heavy atom. The second-order valence-electron chi connectivity index (χ2n) is 2.91. The molecule has 1 rings (SSSR count). The van der Waals surface area contributed by atoms with Crippen molar-refractivity contribution in [2.75, 3.05) is 11.9 Å². The molecule has 1 aromatic carbocycles. The number of rotatable bonds is 3. The van der Waals surface area contributed by atoms with Gasteiger partial charge in [0, 0.05) is 24.3 Å². The predicted molar refractivity (Wildman–Crippen MR) is 48.5 cm³/mol. The Kier molecular flexibility index (Phi) is 3.19. The molecule has 0 fully saturated rings. The Hall–Kier alpha value is -1.16. The van der Waals surface area contributed by atoms with Gasteiger partial charge in [0.15, 0.2) is 11.6 Å². The molecule has 0 saturated heterocycles. The van der Waals surface area contributed by atoms with Crippen LogP contribution in [0, 0.1) is 11.6 Å². The normalized spacial score (nSPS) is 12.6. The van der Waals surface area contributed by atoms with Crippen LogP contribution in [0.3, 0.4) is 0 Å². The van der Waals surface area contributed by atoms with Gasteiger partial charge in [0.25, 0.3) is 0 Å². The molecule has 1 unspecified atom stereocenters. The second-order valence-corrected chi connectivity index (χ2v) is 2.91. The fourth-order valence-electron chi connectivity index (χ4n) is 0.929. The Morgan fingerprint density at radius 1 is 1.38 bits per heavy atom. The van der Waals surface area contributed by atoms with Crippen LogP contribution >= 0.6 is 0 Å². The van der Waals surface area contributed by atoms with E-state index in [0.717, 1.165) is 12.1 Å². The summed E-state index contributed by atoms with van der Waals surface area (Å²) in [5, 5.41) is 2.93. The van der Waals surface area contributed by atoms with E-state index in [9.17, 15) is 8.78 Å². The number of halogens is 2. The van der Waals surface area contributed by atoms with Crippen LogP contribution in [0.5, 0.6) is 0 Å². The maximum atomic E-state index is 12.7. The molecule has 2 nitrogen and oxygen atoms in total. The first-order valence-electron chi connectivity index (χ1n) is 4.05. The van der Waals surface area contributed by atoms with Crippen LogP contribution in [-0.4, -0.2) is 12.6 Å². The summed E-state index contributed by atoms with van der Waals surface area (Å²) in [6.45, 7) is 2.31. The molecule has 0 spiro atoms. The van der Waals surface area contributed by atoms with Crippen LogP contribution in [0.4, 0.5) is 14.5 Å². The molecule has 3 N–H and O–H groups in total. The lowest BCUT2D eigenvalue weighted by atomic mass is 10.2. The lowest BCUT2D eigenvalue weighted by Crippen LogP contribution is -2.25. The fourth-order valence-corrected chi connectivity index (χ4v) is 0.929. The number of hydrogen-bond donors (Lipinski definition) is 2. The maximum Gasteiger partial charge on any atom is 0.160 e. The quantitative estimate of drug-likeness (QED) is 0.754. The first-order valence-corrected chi connectivity index (χ1v) is 4.05. The number of hydrogen-bond acceptors (Lipinski definition) is 2. The predicted octanol–water partition coefficient (Wildman–Crippen LogP) is 1.72. The zero-order valence-corrected chi connectivity index (χ0v) is 7.35. The van der Waals surface area contributed by atoms with E-state index in [1.54, 1.807) is 0 Å². The smallest absolute Gasteiger partial charge is 0.160 e. The number of benzene rings is 1. The van der Waals surface area contributed by atoms with Gasteiger partial charge >= 0.3 is 0 Å². The molecule has 0 aliphatic carbocycles. The van der Waals surface area contributed by atoms with E-state index in [0.29, 0.717) is 12.2 Å². The van der Waals surface area contributed by atoms with Gasteiger partial charge in [-0.2, -0.15) is 0 Å². The zero-order valence-electron chi connectivity index (χ0n) is 7.35. The third-order valence-electron chi connectivity index (χ3n) is 1.69. The highest BCUT2D eigenvalue weighted by atomic mass is 19.2. The van der Waals surface area contributed by atoms with Crippen LogP contribution in [-0.2, 0) is 0 Å². The highest BCUT2D eigenvalue weighted by Gasteiger charge is 2.03. The zero-order chi connectivity index (χ0) is 9.84. The third-order valence-corrected chi connectivity index (χ3v) is 1.69. The molecule has 0 aliphatic heterocycles. The molecule has 0 aliphatic rings. The second kappa shape index (κ2) is 4.18. The minimum Gasteiger partial charge on any atom is -0.381 e. The van der Waals surface area contributed by atoms with Gasteiger partial charge in [-0.05, 0) is 19.1 Å². The van der Waals surface area contributed by atoms with Gasteiger partial charge in [-0.3, -0.25) is 0 Å². The Balaban J connectivity index is 2.73. The molecule has 0 heterocycles. The minimum absolute atomic E-state index is 0.0462. The molecule has 1 atom stereocenters. The van der Waals surface area contributed by atoms with Gasteiger partial charge in [-0.25, -0.2) is 8.78 Å². The molecule has 4 heteroatoms. The molecule has 0 bridgehead atoms. The monoisotopic (exact) mass is 186 g/mol. The van der Waals surface area contributed by atoms with Crippen molar-refractivity contribution in [3.8, 4) is 0 Å². The van der Waals surface area contributed by atoms with Gasteiger partial charge in [0.1, 0.15) is 0 Å². The highest BCUT2D eigenvalue weighted by molar-refractivity contribution is 5.44. The van der Waals surface area contributed by atoms with E-state index in [2.05, 4.69) is 5.32 Å². The molecule has 0 radical (unpaired) electrons. The van der Waals surface area contributed by atoms with Crippen LogP contribution in [0.1, 0.15) is 6.92 Å². The molecular weight excluding hydrogens is 174 g/mol. The topological polar surface area (TPSA) is 38.0 Å². The van der Waals surface area contributed by atoms with Crippen molar-refractivity contribution in [1.29, 1.82) is 0 Å². The Morgan fingerprint density at radius 2 is 2.08 bits per heavy atom. The van der Waals surface area contributed by atoms with E-state index in [-0.39, 0.29) is 6.04 Å². The maximum absolute atomic E-state index is 12.7. The van der Waals surface area contributed by atoms with Crippen molar-refractivity contribution in [3.63, 3.8) is 0 Å². The standard InChI is InChI=1S/C9H12F2N2/c1-6(5-12)13-7-2-3-8(10)9(11)4-7/h2-4,6,13H,5,12H2,1H3. The van der Waals surface area contributed by atoms with E-state index >= 15 is 0 Å². The van der Waals surface area contributed by atoms with Crippen molar-refractivity contribution in [2.45, 2.75) is 13.0 Å². The molecule has 13 heavy (non-hydrogen) atoms. The third kappa shape index (κ3) is 2.66. The molecule has 1 aromatic rings. The summed E-state index contributed by atoms with van der Waals surface area (Å²) < 4.78 is 25.2. The van der Waals surface area contributed by atoms with E-state index in [4.69, 9.17) is 5.73 Å². The van der Waals surface area contributed by atoms with Gasteiger partial charge in [-0.15, -0.1) is 0 Å². The highest BCUT2D eigenvalue weighted by Crippen LogP contribution is 2.13. The van der Waals surface area contributed by atoms with Crippen LogP contribution in [0.25, 0.3) is 0 Å². The average Bonchev–Trinajstić information content (AvgIpc) is 2.11. The number of anilines is 1. The lowest BCUT2D eigenvalue weighted by molar-refractivity contribution is 0.509. The number of nitrogens with one attached hydrogen (secondary N) is 1. The van der Waals surface area contributed by atoms with Crippen molar-refractivity contribution in [2.24, 2.45) is 5.73 Å². The summed E-state index contributed by atoms with van der Waals surface area (Å²) in [7, 11) is 0. The SMILES string of the molecule is CC(CN)Nc1ccc(F)c(F)c1. The molecule has 0 aromatic heterocycles. The van der Waals surface area contributed by atoms with Gasteiger partial charge in [0.05, 0.1) is 0 Å². The van der Waals surface area contributed by atoms with Crippen molar-refractivity contribution >= 4 is 5.69 Å². The van der Waals surface area contributed by atoms with Gasteiger partial charge < -0.3 is 11.1 Å². The molecular formula is C9H12F2N2. The van der Waals surface area contributed by atoms with E-state index in [1.165, 1.54) is 6.07 Å². The largest absolute Gasteiger partial charge is 0.381 e. The van der Waals surface area contributed by atoms with E-state index in [1.807, 2.05) is 6.92 Å².